The fourth-order valence-electron chi connectivity index (χ4n) is 2.98. The lowest BCUT2D eigenvalue weighted by molar-refractivity contribution is -0.145. The molecule has 23 heavy (non-hydrogen) atoms. The Bertz CT molecular complexity index is 617. The van der Waals surface area contributed by atoms with Gasteiger partial charge in [-0.3, -0.25) is 9.59 Å². The lowest BCUT2D eigenvalue weighted by Gasteiger charge is -2.25. The largest absolute Gasteiger partial charge is 0.493 e. The van der Waals surface area contributed by atoms with Gasteiger partial charge in [-0.05, 0) is 30.9 Å². The predicted octanol–water partition coefficient (Wildman–Crippen LogP) is 1.14. The number of benzene rings is 1. The van der Waals surface area contributed by atoms with Crippen molar-refractivity contribution in [2.24, 2.45) is 17.6 Å². The van der Waals surface area contributed by atoms with Crippen molar-refractivity contribution in [3.63, 3.8) is 0 Å². The van der Waals surface area contributed by atoms with Crippen LogP contribution in [0.15, 0.2) is 18.2 Å². The van der Waals surface area contributed by atoms with E-state index in [-0.39, 0.29) is 6.42 Å². The summed E-state index contributed by atoms with van der Waals surface area (Å²) in [5.74, 6) is -2.30. The molecule has 0 aliphatic heterocycles. The molecule has 1 aromatic carbocycles. The van der Waals surface area contributed by atoms with E-state index in [1.165, 1.54) is 14.2 Å². The minimum Gasteiger partial charge on any atom is -0.493 e. The van der Waals surface area contributed by atoms with Gasteiger partial charge in [0.1, 0.15) is 5.54 Å². The summed E-state index contributed by atoms with van der Waals surface area (Å²) < 4.78 is 10.5. The summed E-state index contributed by atoms with van der Waals surface area (Å²) in [4.78, 5) is 22.6. The van der Waals surface area contributed by atoms with Crippen molar-refractivity contribution in [1.29, 1.82) is 0 Å². The molecule has 0 aromatic heterocycles. The first-order valence-corrected chi connectivity index (χ1v) is 7.30. The maximum atomic E-state index is 11.6. The molecule has 1 aliphatic carbocycles. The summed E-state index contributed by atoms with van der Waals surface area (Å²) in [7, 11) is 3.03. The molecule has 126 valence electrons. The van der Waals surface area contributed by atoms with Crippen molar-refractivity contribution in [3.05, 3.63) is 23.8 Å². The van der Waals surface area contributed by atoms with Gasteiger partial charge in [0.15, 0.2) is 11.5 Å². The zero-order valence-corrected chi connectivity index (χ0v) is 13.1. The predicted molar refractivity (Wildman–Crippen MR) is 81.7 cm³/mol. The van der Waals surface area contributed by atoms with Crippen molar-refractivity contribution in [2.75, 3.05) is 14.2 Å². The highest BCUT2D eigenvalue weighted by atomic mass is 16.5. The highest BCUT2D eigenvalue weighted by Crippen LogP contribution is 2.47. The number of aliphatic carboxylic acids is 2. The van der Waals surface area contributed by atoms with E-state index < -0.39 is 29.3 Å². The summed E-state index contributed by atoms with van der Waals surface area (Å²) in [6, 6.07) is 5.34. The molecule has 1 aromatic rings. The molecule has 4 N–H and O–H groups in total. The van der Waals surface area contributed by atoms with Crippen LogP contribution in [0.3, 0.4) is 0 Å². The number of aryl methyl sites for hydroxylation is 1. The van der Waals surface area contributed by atoms with Crippen LogP contribution in [0.1, 0.15) is 18.4 Å². The Kier molecular flexibility index (Phi) is 4.79. The van der Waals surface area contributed by atoms with E-state index in [1.807, 2.05) is 6.07 Å². The second-order valence-electron chi connectivity index (χ2n) is 5.79. The smallest absolute Gasteiger partial charge is 0.324 e. The van der Waals surface area contributed by atoms with Crippen molar-refractivity contribution >= 4 is 11.9 Å². The van der Waals surface area contributed by atoms with Crippen LogP contribution in [-0.4, -0.2) is 41.9 Å². The maximum Gasteiger partial charge on any atom is 0.324 e. The molecule has 7 heteroatoms. The molecular weight excluding hydrogens is 302 g/mol. The third-order valence-corrected chi connectivity index (χ3v) is 4.46. The second kappa shape index (κ2) is 6.45. The molecule has 0 heterocycles. The molecular formula is C16H21NO6. The average Bonchev–Trinajstić information content (AvgIpc) is 3.33. The number of para-hydroxylation sites is 1. The maximum absolute atomic E-state index is 11.6. The van der Waals surface area contributed by atoms with Crippen LogP contribution >= 0.6 is 0 Å². The van der Waals surface area contributed by atoms with Crippen LogP contribution in [0.25, 0.3) is 0 Å². The minimum atomic E-state index is -1.56. The van der Waals surface area contributed by atoms with Gasteiger partial charge in [0.2, 0.25) is 0 Å². The molecule has 7 nitrogen and oxygen atoms in total. The van der Waals surface area contributed by atoms with Crippen LogP contribution in [0.2, 0.25) is 0 Å². The Morgan fingerprint density at radius 3 is 2.48 bits per heavy atom. The molecule has 0 bridgehead atoms. The van der Waals surface area contributed by atoms with Gasteiger partial charge in [-0.15, -0.1) is 0 Å². The Labute approximate surface area is 134 Å². The number of carbonyl (C=O) groups is 2. The fourth-order valence-corrected chi connectivity index (χ4v) is 2.98. The van der Waals surface area contributed by atoms with E-state index in [1.54, 1.807) is 12.1 Å². The van der Waals surface area contributed by atoms with Crippen LogP contribution in [0.4, 0.5) is 0 Å². The van der Waals surface area contributed by atoms with Gasteiger partial charge in [0.05, 0.1) is 20.1 Å². The van der Waals surface area contributed by atoms with Gasteiger partial charge < -0.3 is 25.4 Å². The lowest BCUT2D eigenvalue weighted by atomic mass is 9.86. The van der Waals surface area contributed by atoms with Crippen LogP contribution in [0.5, 0.6) is 11.5 Å². The quantitative estimate of drug-likeness (QED) is 0.656. The van der Waals surface area contributed by atoms with Gasteiger partial charge >= 0.3 is 11.9 Å². The Hall–Kier alpha value is -2.28. The van der Waals surface area contributed by atoms with E-state index >= 15 is 0 Å². The van der Waals surface area contributed by atoms with Crippen molar-refractivity contribution in [3.8, 4) is 11.5 Å². The number of carboxylic acids is 2. The number of carboxylic acid groups (broad SMARTS) is 2. The molecule has 0 radical (unpaired) electrons. The summed E-state index contributed by atoms with van der Waals surface area (Å²) in [5, 5.41) is 18.5. The van der Waals surface area contributed by atoms with Crippen LogP contribution in [0, 0.1) is 11.8 Å². The summed E-state index contributed by atoms with van der Waals surface area (Å²) in [6.45, 7) is 0. The number of nitrogens with two attached hydrogens (primary N) is 1. The molecule has 0 saturated heterocycles. The van der Waals surface area contributed by atoms with Crippen molar-refractivity contribution in [1.82, 2.24) is 0 Å². The highest BCUT2D eigenvalue weighted by molar-refractivity contribution is 5.83. The fraction of sp³-hybridized carbons (Fsp3) is 0.500. The molecule has 1 saturated carbocycles. The Morgan fingerprint density at radius 1 is 1.30 bits per heavy atom. The van der Waals surface area contributed by atoms with Gasteiger partial charge in [0.25, 0.3) is 0 Å². The van der Waals surface area contributed by atoms with E-state index in [0.29, 0.717) is 24.3 Å². The third-order valence-electron chi connectivity index (χ3n) is 4.46. The number of methoxy groups -OCH3 is 2. The van der Waals surface area contributed by atoms with Crippen molar-refractivity contribution in [2.45, 2.75) is 24.8 Å². The monoisotopic (exact) mass is 323 g/mol. The van der Waals surface area contributed by atoms with Gasteiger partial charge in [-0.25, -0.2) is 0 Å². The van der Waals surface area contributed by atoms with Gasteiger partial charge in [0, 0.05) is 5.92 Å². The van der Waals surface area contributed by atoms with Gasteiger partial charge in [-0.2, -0.15) is 0 Å². The highest BCUT2D eigenvalue weighted by Gasteiger charge is 2.58. The number of ether oxygens (including phenoxy) is 2. The summed E-state index contributed by atoms with van der Waals surface area (Å²) in [6.07, 6.45) is 0.777. The van der Waals surface area contributed by atoms with E-state index in [0.717, 1.165) is 5.56 Å². The standard InChI is InChI=1S/C16H21NO6/c1-22-12-5-3-4-9(13(12)23-2)6-7-16(17,15(20)21)11-8-10(11)14(18)19/h3-5,10-11H,6-8,17H2,1-2H3,(H,18,19)(H,20,21)/t10-,11-,16?/m0/s1. The number of rotatable bonds is 8. The van der Waals surface area contributed by atoms with E-state index in [4.69, 9.17) is 20.3 Å². The zero-order valence-electron chi connectivity index (χ0n) is 13.1. The minimum absolute atomic E-state index is 0.125. The topological polar surface area (TPSA) is 119 Å². The zero-order chi connectivity index (χ0) is 17.2. The third kappa shape index (κ3) is 3.24. The average molecular weight is 323 g/mol. The molecule has 1 aliphatic rings. The van der Waals surface area contributed by atoms with Gasteiger partial charge in [-0.1, -0.05) is 12.1 Å². The molecule has 1 fully saturated rings. The Balaban J connectivity index is 2.18. The van der Waals surface area contributed by atoms with Crippen LogP contribution < -0.4 is 15.2 Å². The summed E-state index contributed by atoms with van der Waals surface area (Å²) >= 11 is 0. The number of hydrogen-bond acceptors (Lipinski definition) is 5. The normalized spacial score (nSPS) is 22.0. The molecule has 0 spiro atoms. The second-order valence-corrected chi connectivity index (χ2v) is 5.79. The lowest BCUT2D eigenvalue weighted by Crippen LogP contribution is -2.51. The first-order chi connectivity index (χ1) is 10.8. The molecule has 2 rings (SSSR count). The molecule has 3 atom stereocenters. The first-order valence-electron chi connectivity index (χ1n) is 7.30. The van der Waals surface area contributed by atoms with Crippen LogP contribution in [-0.2, 0) is 16.0 Å². The van der Waals surface area contributed by atoms with E-state index in [2.05, 4.69) is 0 Å². The number of hydrogen-bond donors (Lipinski definition) is 3. The molecule has 1 unspecified atom stereocenters. The van der Waals surface area contributed by atoms with Crippen molar-refractivity contribution < 1.29 is 29.3 Å². The first kappa shape index (κ1) is 17.1. The molecule has 0 amide bonds. The Morgan fingerprint density at radius 2 is 2.00 bits per heavy atom. The SMILES string of the molecule is COc1cccc(CCC(N)(C(=O)O)[C@H]2C[C@@H]2C(=O)O)c1OC. The summed E-state index contributed by atoms with van der Waals surface area (Å²) in [5.41, 5.74) is 5.26. The van der Waals surface area contributed by atoms with E-state index in [9.17, 15) is 14.7 Å².